The fourth-order valence-electron chi connectivity index (χ4n) is 1.35. The van der Waals surface area contributed by atoms with Gasteiger partial charge in [-0.1, -0.05) is 17.0 Å². The fraction of sp³-hybridized carbons (Fsp3) is 0.231. The first kappa shape index (κ1) is 13.3. The summed E-state index contributed by atoms with van der Waals surface area (Å²) in [4.78, 5) is 13.2. The zero-order valence-corrected chi connectivity index (χ0v) is 11.3. The van der Waals surface area contributed by atoms with E-state index in [1.807, 2.05) is 13.8 Å². The molecule has 2 rings (SSSR count). The maximum Gasteiger partial charge on any atom is 0.268 e. The summed E-state index contributed by atoms with van der Waals surface area (Å²) in [6.07, 6.45) is 0. The van der Waals surface area contributed by atoms with Crippen LogP contribution in [0.15, 0.2) is 16.7 Å². The minimum atomic E-state index is -0.263. The highest BCUT2D eigenvalue weighted by Gasteiger charge is 2.14. The van der Waals surface area contributed by atoms with Crippen molar-refractivity contribution in [1.82, 2.24) is 5.16 Å². The first-order valence-electron chi connectivity index (χ1n) is 5.55. The van der Waals surface area contributed by atoms with Crippen molar-refractivity contribution in [1.29, 1.82) is 0 Å². The van der Waals surface area contributed by atoms with Crippen molar-refractivity contribution in [2.45, 2.75) is 13.8 Å². The van der Waals surface area contributed by atoms with Gasteiger partial charge in [0.1, 0.15) is 6.61 Å². The van der Waals surface area contributed by atoms with Crippen LogP contribution in [0.25, 0.3) is 0 Å². The van der Waals surface area contributed by atoms with Crippen LogP contribution in [0.1, 0.15) is 25.8 Å². The standard InChI is InChI=1S/C13H12N2O3S/c1-8-9(2)15-18-13(8)14-12(17)11-6-5-10(19-11)4-3-7-16/h5-6,16H,7H2,1-2H3,(H,14,17). The zero-order chi connectivity index (χ0) is 13.8. The van der Waals surface area contributed by atoms with Gasteiger partial charge in [-0.2, -0.15) is 0 Å². The number of hydrogen-bond acceptors (Lipinski definition) is 5. The van der Waals surface area contributed by atoms with E-state index in [-0.39, 0.29) is 12.5 Å². The number of anilines is 1. The summed E-state index contributed by atoms with van der Waals surface area (Å²) in [6, 6.07) is 3.42. The van der Waals surface area contributed by atoms with E-state index < -0.39 is 0 Å². The highest BCUT2D eigenvalue weighted by atomic mass is 32.1. The number of carbonyl (C=O) groups is 1. The van der Waals surface area contributed by atoms with Gasteiger partial charge in [-0.15, -0.1) is 11.3 Å². The molecule has 1 amide bonds. The van der Waals surface area contributed by atoms with Gasteiger partial charge in [-0.3, -0.25) is 10.1 Å². The Hall–Kier alpha value is -2.10. The number of aliphatic hydroxyl groups is 1. The number of aryl methyl sites for hydroxylation is 1. The molecule has 0 aliphatic heterocycles. The third-order valence-electron chi connectivity index (χ3n) is 2.50. The van der Waals surface area contributed by atoms with Crippen LogP contribution in [-0.4, -0.2) is 22.8 Å². The lowest BCUT2D eigenvalue weighted by molar-refractivity contribution is 0.102. The number of thiophene rings is 1. The molecule has 0 aliphatic carbocycles. The second-order valence-electron chi connectivity index (χ2n) is 3.80. The Morgan fingerprint density at radius 1 is 1.53 bits per heavy atom. The molecule has 0 aromatic carbocycles. The molecule has 19 heavy (non-hydrogen) atoms. The third kappa shape index (κ3) is 3.02. The second kappa shape index (κ2) is 5.69. The van der Waals surface area contributed by atoms with Crippen molar-refractivity contribution in [3.63, 3.8) is 0 Å². The summed E-state index contributed by atoms with van der Waals surface area (Å²) in [5.41, 5.74) is 1.56. The summed E-state index contributed by atoms with van der Waals surface area (Å²) in [5.74, 6) is 5.38. The van der Waals surface area contributed by atoms with Gasteiger partial charge in [0.25, 0.3) is 5.91 Å². The number of aromatic nitrogens is 1. The molecule has 2 aromatic rings. The Kier molecular flexibility index (Phi) is 4.00. The van der Waals surface area contributed by atoms with Crippen molar-refractivity contribution < 1.29 is 14.4 Å². The predicted molar refractivity (Wildman–Crippen MR) is 72.2 cm³/mol. The lowest BCUT2D eigenvalue weighted by Crippen LogP contribution is -2.10. The van der Waals surface area contributed by atoms with Gasteiger partial charge in [-0.05, 0) is 26.0 Å². The lowest BCUT2D eigenvalue weighted by Gasteiger charge is -1.98. The van der Waals surface area contributed by atoms with Crippen LogP contribution in [0.2, 0.25) is 0 Å². The van der Waals surface area contributed by atoms with Crippen LogP contribution >= 0.6 is 11.3 Å². The molecule has 0 aliphatic rings. The summed E-state index contributed by atoms with van der Waals surface area (Å²) >= 11 is 1.25. The first-order chi connectivity index (χ1) is 9.11. The third-order valence-corrected chi connectivity index (χ3v) is 3.50. The highest BCUT2D eigenvalue weighted by molar-refractivity contribution is 7.14. The van der Waals surface area contributed by atoms with E-state index in [1.54, 1.807) is 12.1 Å². The Balaban J connectivity index is 2.12. The molecule has 0 saturated heterocycles. The van der Waals surface area contributed by atoms with E-state index in [2.05, 4.69) is 22.3 Å². The molecule has 5 nitrogen and oxygen atoms in total. The van der Waals surface area contributed by atoms with Crippen molar-refractivity contribution >= 4 is 23.1 Å². The van der Waals surface area contributed by atoms with Gasteiger partial charge in [0.2, 0.25) is 5.88 Å². The molecule has 0 unspecified atom stereocenters. The number of aliphatic hydroxyl groups excluding tert-OH is 1. The fourth-order valence-corrected chi connectivity index (χ4v) is 2.13. The molecule has 6 heteroatoms. The maximum atomic E-state index is 12.0. The van der Waals surface area contributed by atoms with Crippen LogP contribution < -0.4 is 5.32 Å². The SMILES string of the molecule is Cc1noc(NC(=O)c2ccc(C#CCO)s2)c1C. The maximum absolute atomic E-state index is 12.0. The Labute approximate surface area is 114 Å². The number of rotatable bonds is 2. The minimum Gasteiger partial charge on any atom is -0.384 e. The molecule has 2 heterocycles. The minimum absolute atomic E-state index is 0.198. The number of carbonyl (C=O) groups excluding carboxylic acids is 1. The molecule has 0 atom stereocenters. The summed E-state index contributed by atoms with van der Waals surface area (Å²) in [6.45, 7) is 3.44. The van der Waals surface area contributed by atoms with Crippen LogP contribution in [0.4, 0.5) is 5.88 Å². The van der Waals surface area contributed by atoms with Crippen molar-refractivity contribution in [2.24, 2.45) is 0 Å². The van der Waals surface area contributed by atoms with E-state index in [0.717, 1.165) is 16.1 Å². The quantitative estimate of drug-likeness (QED) is 0.822. The highest BCUT2D eigenvalue weighted by Crippen LogP contribution is 2.21. The van der Waals surface area contributed by atoms with Gasteiger partial charge in [0.05, 0.1) is 15.4 Å². The molecule has 0 saturated carbocycles. The summed E-state index contributed by atoms with van der Waals surface area (Å²) < 4.78 is 5.02. The van der Waals surface area contributed by atoms with Crippen molar-refractivity contribution in [3.8, 4) is 11.8 Å². The van der Waals surface area contributed by atoms with Crippen LogP contribution in [0.3, 0.4) is 0 Å². The average molecular weight is 276 g/mol. The molecular weight excluding hydrogens is 264 g/mol. The molecule has 2 aromatic heterocycles. The molecular formula is C13H12N2O3S. The Morgan fingerprint density at radius 3 is 2.95 bits per heavy atom. The Bertz CT molecular complexity index is 661. The Morgan fingerprint density at radius 2 is 2.32 bits per heavy atom. The zero-order valence-electron chi connectivity index (χ0n) is 10.5. The lowest BCUT2D eigenvalue weighted by atomic mass is 10.3. The number of hydrogen-bond donors (Lipinski definition) is 2. The van der Waals surface area contributed by atoms with Gasteiger partial charge in [0, 0.05) is 5.56 Å². The number of nitrogens with zero attached hydrogens (tertiary/aromatic N) is 1. The number of amides is 1. The largest absolute Gasteiger partial charge is 0.384 e. The van der Waals surface area contributed by atoms with E-state index in [4.69, 9.17) is 9.63 Å². The number of nitrogens with one attached hydrogen (secondary N) is 1. The van der Waals surface area contributed by atoms with E-state index in [9.17, 15) is 4.79 Å². The van der Waals surface area contributed by atoms with Crippen molar-refractivity contribution in [2.75, 3.05) is 11.9 Å². The van der Waals surface area contributed by atoms with E-state index in [0.29, 0.717) is 10.8 Å². The molecule has 0 bridgehead atoms. The molecule has 0 fully saturated rings. The monoisotopic (exact) mass is 276 g/mol. The molecule has 2 N–H and O–H groups in total. The van der Waals surface area contributed by atoms with Gasteiger partial charge in [0.15, 0.2) is 0 Å². The molecule has 98 valence electrons. The van der Waals surface area contributed by atoms with Crippen LogP contribution in [0.5, 0.6) is 0 Å². The van der Waals surface area contributed by atoms with Crippen LogP contribution in [-0.2, 0) is 0 Å². The predicted octanol–water partition coefficient (Wildman–Crippen LogP) is 1.95. The summed E-state index contributed by atoms with van der Waals surface area (Å²) in [5, 5.41) is 15.0. The smallest absolute Gasteiger partial charge is 0.268 e. The normalized spacial score (nSPS) is 9.84. The van der Waals surface area contributed by atoms with E-state index >= 15 is 0 Å². The van der Waals surface area contributed by atoms with Gasteiger partial charge in [-0.25, -0.2) is 0 Å². The second-order valence-corrected chi connectivity index (χ2v) is 4.88. The topological polar surface area (TPSA) is 75.4 Å². The molecule has 0 spiro atoms. The van der Waals surface area contributed by atoms with E-state index in [1.165, 1.54) is 11.3 Å². The van der Waals surface area contributed by atoms with Gasteiger partial charge >= 0.3 is 0 Å². The van der Waals surface area contributed by atoms with Crippen LogP contribution in [0, 0.1) is 25.7 Å². The van der Waals surface area contributed by atoms with Crippen molar-refractivity contribution in [3.05, 3.63) is 33.1 Å². The molecule has 0 radical (unpaired) electrons. The summed E-state index contributed by atoms with van der Waals surface area (Å²) in [7, 11) is 0. The van der Waals surface area contributed by atoms with Gasteiger partial charge < -0.3 is 9.63 Å². The average Bonchev–Trinajstić information content (AvgIpc) is 2.98. The first-order valence-corrected chi connectivity index (χ1v) is 6.37.